The topological polar surface area (TPSA) is 32.3 Å². The summed E-state index contributed by atoms with van der Waals surface area (Å²) >= 11 is 0. The summed E-state index contributed by atoms with van der Waals surface area (Å²) in [5.74, 6) is 1.21. The molecule has 1 N–H and O–H groups in total. The van der Waals surface area contributed by atoms with Crippen molar-refractivity contribution >= 4 is 5.91 Å². The van der Waals surface area contributed by atoms with Crippen molar-refractivity contribution in [1.82, 2.24) is 10.2 Å². The Morgan fingerprint density at radius 2 is 1.68 bits per heavy atom. The molecule has 2 heterocycles. The largest absolute Gasteiger partial charge is 0.338 e. The fourth-order valence-electron chi connectivity index (χ4n) is 4.34. The van der Waals surface area contributed by atoms with Gasteiger partial charge >= 0.3 is 0 Å². The summed E-state index contributed by atoms with van der Waals surface area (Å²) in [6.07, 6.45) is 12.8. The number of rotatable bonds is 2. The van der Waals surface area contributed by atoms with E-state index >= 15 is 0 Å². The van der Waals surface area contributed by atoms with Gasteiger partial charge in [-0.05, 0) is 51.0 Å². The monoisotopic (exact) mass is 264 g/mol. The lowest BCUT2D eigenvalue weighted by Crippen LogP contribution is -2.51. The maximum absolute atomic E-state index is 12.7. The number of carbonyl (C=O) groups excluding carboxylic acids is 1. The molecule has 19 heavy (non-hydrogen) atoms. The standard InChI is InChI=1S/C16H28N2O/c19-16(14-9-4-5-11-17-14)18-12-6-10-15(18)13-7-2-1-3-8-13/h13-15,17H,1-12H2/t14-,15?/m0/s1. The van der Waals surface area contributed by atoms with Gasteiger partial charge in [0, 0.05) is 12.6 Å². The number of carbonyl (C=O) groups is 1. The molecular formula is C16H28N2O. The van der Waals surface area contributed by atoms with Crippen molar-refractivity contribution in [2.75, 3.05) is 13.1 Å². The highest BCUT2D eigenvalue weighted by atomic mass is 16.2. The SMILES string of the molecule is O=C([C@@H]1CCCCN1)N1CCCC1C1CCCCC1. The summed E-state index contributed by atoms with van der Waals surface area (Å²) in [6.45, 7) is 2.04. The van der Waals surface area contributed by atoms with Crippen molar-refractivity contribution in [3.63, 3.8) is 0 Å². The lowest BCUT2D eigenvalue weighted by atomic mass is 9.82. The van der Waals surface area contributed by atoms with Gasteiger partial charge in [0.15, 0.2) is 0 Å². The van der Waals surface area contributed by atoms with Gasteiger partial charge in [0.25, 0.3) is 0 Å². The van der Waals surface area contributed by atoms with Gasteiger partial charge in [-0.3, -0.25) is 4.79 Å². The normalized spacial score (nSPS) is 33.6. The second-order valence-corrected chi connectivity index (χ2v) is 6.64. The van der Waals surface area contributed by atoms with Crippen molar-refractivity contribution < 1.29 is 4.79 Å². The molecule has 1 unspecified atom stereocenters. The summed E-state index contributed by atoms with van der Waals surface area (Å²) in [6, 6.07) is 0.689. The van der Waals surface area contributed by atoms with Gasteiger partial charge in [-0.2, -0.15) is 0 Å². The predicted octanol–water partition coefficient (Wildman–Crippen LogP) is 2.70. The number of hydrogen-bond donors (Lipinski definition) is 1. The van der Waals surface area contributed by atoms with Crippen LogP contribution in [0.15, 0.2) is 0 Å². The van der Waals surface area contributed by atoms with Gasteiger partial charge < -0.3 is 10.2 Å². The molecule has 1 amide bonds. The van der Waals surface area contributed by atoms with E-state index in [2.05, 4.69) is 10.2 Å². The summed E-state index contributed by atoms with van der Waals surface area (Å²) in [7, 11) is 0. The molecule has 0 bridgehead atoms. The predicted molar refractivity (Wildman–Crippen MR) is 77.0 cm³/mol. The zero-order valence-electron chi connectivity index (χ0n) is 12.1. The minimum Gasteiger partial charge on any atom is -0.338 e. The Bertz CT molecular complexity index is 306. The summed E-state index contributed by atoms with van der Waals surface area (Å²) in [5.41, 5.74) is 0. The van der Waals surface area contributed by atoms with E-state index in [1.807, 2.05) is 0 Å². The van der Waals surface area contributed by atoms with E-state index in [1.54, 1.807) is 0 Å². The van der Waals surface area contributed by atoms with E-state index < -0.39 is 0 Å². The molecule has 2 atom stereocenters. The van der Waals surface area contributed by atoms with Crippen molar-refractivity contribution in [2.24, 2.45) is 5.92 Å². The van der Waals surface area contributed by atoms with Gasteiger partial charge in [0.05, 0.1) is 6.04 Å². The zero-order valence-corrected chi connectivity index (χ0v) is 12.1. The number of likely N-dealkylation sites (tertiary alicyclic amines) is 1. The molecular weight excluding hydrogens is 236 g/mol. The van der Waals surface area contributed by atoms with E-state index in [-0.39, 0.29) is 6.04 Å². The lowest BCUT2D eigenvalue weighted by molar-refractivity contribution is -0.136. The fourth-order valence-corrected chi connectivity index (χ4v) is 4.34. The first kappa shape index (κ1) is 13.4. The summed E-state index contributed by atoms with van der Waals surface area (Å²) < 4.78 is 0. The number of amides is 1. The first-order chi connectivity index (χ1) is 9.36. The van der Waals surface area contributed by atoms with Crippen LogP contribution in [0.2, 0.25) is 0 Å². The van der Waals surface area contributed by atoms with Crippen molar-refractivity contribution in [2.45, 2.75) is 76.3 Å². The molecule has 2 saturated heterocycles. The van der Waals surface area contributed by atoms with Crippen LogP contribution in [-0.4, -0.2) is 36.0 Å². The van der Waals surface area contributed by atoms with Gasteiger partial charge in [-0.1, -0.05) is 25.7 Å². The molecule has 3 rings (SSSR count). The Labute approximate surface area is 117 Å². The molecule has 3 aliphatic rings. The quantitative estimate of drug-likeness (QED) is 0.831. The Hall–Kier alpha value is -0.570. The summed E-state index contributed by atoms with van der Waals surface area (Å²) in [5, 5.41) is 3.43. The molecule has 3 fully saturated rings. The van der Waals surface area contributed by atoms with Gasteiger partial charge in [0.2, 0.25) is 5.91 Å². The average Bonchev–Trinajstić information content (AvgIpc) is 2.98. The Morgan fingerprint density at radius 1 is 0.895 bits per heavy atom. The van der Waals surface area contributed by atoms with E-state index in [0.29, 0.717) is 11.9 Å². The van der Waals surface area contributed by atoms with Gasteiger partial charge in [-0.15, -0.1) is 0 Å². The molecule has 0 aromatic rings. The van der Waals surface area contributed by atoms with Crippen LogP contribution in [0, 0.1) is 5.92 Å². The highest BCUT2D eigenvalue weighted by molar-refractivity contribution is 5.82. The molecule has 3 heteroatoms. The van der Waals surface area contributed by atoms with E-state index in [4.69, 9.17) is 0 Å². The van der Waals surface area contributed by atoms with Crippen molar-refractivity contribution in [1.29, 1.82) is 0 Å². The number of nitrogens with one attached hydrogen (secondary N) is 1. The minimum absolute atomic E-state index is 0.123. The number of hydrogen-bond acceptors (Lipinski definition) is 2. The molecule has 0 radical (unpaired) electrons. The Balaban J connectivity index is 1.62. The second kappa shape index (κ2) is 6.25. The number of piperidine rings is 1. The number of nitrogens with zero attached hydrogens (tertiary/aromatic N) is 1. The zero-order chi connectivity index (χ0) is 13.1. The van der Waals surface area contributed by atoms with Crippen LogP contribution in [-0.2, 0) is 4.79 Å². The highest BCUT2D eigenvalue weighted by Gasteiger charge is 2.37. The third-order valence-corrected chi connectivity index (χ3v) is 5.38. The minimum atomic E-state index is 0.123. The fraction of sp³-hybridized carbons (Fsp3) is 0.938. The van der Waals surface area contributed by atoms with Crippen LogP contribution >= 0.6 is 0 Å². The van der Waals surface area contributed by atoms with Crippen LogP contribution in [0.1, 0.15) is 64.2 Å². The Kier molecular flexibility index (Phi) is 4.42. The molecule has 3 nitrogen and oxygen atoms in total. The maximum atomic E-state index is 12.7. The first-order valence-electron chi connectivity index (χ1n) is 8.40. The van der Waals surface area contributed by atoms with Crippen molar-refractivity contribution in [3.05, 3.63) is 0 Å². The van der Waals surface area contributed by atoms with E-state index in [0.717, 1.165) is 25.4 Å². The Morgan fingerprint density at radius 3 is 2.42 bits per heavy atom. The smallest absolute Gasteiger partial charge is 0.239 e. The second-order valence-electron chi connectivity index (χ2n) is 6.64. The molecule has 2 aliphatic heterocycles. The van der Waals surface area contributed by atoms with Gasteiger partial charge in [-0.25, -0.2) is 0 Å². The highest BCUT2D eigenvalue weighted by Crippen LogP contribution is 2.34. The third-order valence-electron chi connectivity index (χ3n) is 5.38. The first-order valence-corrected chi connectivity index (χ1v) is 8.40. The average molecular weight is 264 g/mol. The molecule has 108 valence electrons. The van der Waals surface area contributed by atoms with Gasteiger partial charge in [0.1, 0.15) is 0 Å². The van der Waals surface area contributed by atoms with Crippen LogP contribution in [0.25, 0.3) is 0 Å². The van der Waals surface area contributed by atoms with E-state index in [1.165, 1.54) is 57.8 Å². The molecule has 0 spiro atoms. The van der Waals surface area contributed by atoms with Crippen LogP contribution in [0.3, 0.4) is 0 Å². The van der Waals surface area contributed by atoms with Crippen LogP contribution in [0.5, 0.6) is 0 Å². The molecule has 0 aromatic heterocycles. The van der Waals surface area contributed by atoms with E-state index in [9.17, 15) is 4.79 Å². The van der Waals surface area contributed by atoms with Crippen molar-refractivity contribution in [3.8, 4) is 0 Å². The summed E-state index contributed by atoms with van der Waals surface area (Å²) in [4.78, 5) is 15.0. The molecule has 0 aromatic carbocycles. The van der Waals surface area contributed by atoms with Crippen LogP contribution < -0.4 is 5.32 Å². The molecule has 1 saturated carbocycles. The third kappa shape index (κ3) is 2.96. The van der Waals surface area contributed by atoms with Crippen LogP contribution in [0.4, 0.5) is 0 Å². The maximum Gasteiger partial charge on any atom is 0.239 e. The molecule has 1 aliphatic carbocycles. The lowest BCUT2D eigenvalue weighted by Gasteiger charge is -2.36.